The molecule has 0 aliphatic heterocycles. The number of rotatable bonds is 5. The maximum absolute atomic E-state index is 11.6. The van der Waals surface area contributed by atoms with Gasteiger partial charge in [0.2, 0.25) is 0 Å². The Labute approximate surface area is 105 Å². The molecule has 6 heteroatoms. The van der Waals surface area contributed by atoms with Gasteiger partial charge in [-0.2, -0.15) is 0 Å². The minimum atomic E-state index is -3.35. The highest BCUT2D eigenvalue weighted by Crippen LogP contribution is 2.13. The van der Waals surface area contributed by atoms with Crippen LogP contribution in [0.25, 0.3) is 0 Å². The molecule has 0 bridgehead atoms. The molecule has 4 nitrogen and oxygen atoms in total. The van der Waals surface area contributed by atoms with Crippen LogP contribution in [0.5, 0.6) is 0 Å². The van der Waals surface area contributed by atoms with Gasteiger partial charge in [0.15, 0.2) is 9.84 Å². The molecule has 0 aliphatic rings. The van der Waals surface area contributed by atoms with Gasteiger partial charge in [-0.1, -0.05) is 0 Å². The smallest absolute Gasteiger partial charge is 0.338 e. The second-order valence-corrected chi connectivity index (χ2v) is 5.74. The zero-order valence-electron chi connectivity index (χ0n) is 9.35. The average molecular weight is 277 g/mol. The molecule has 1 aromatic rings. The predicted molar refractivity (Wildman–Crippen MR) is 65.2 cm³/mol. The normalized spacial score (nSPS) is 11.2. The Morgan fingerprint density at radius 1 is 1.29 bits per heavy atom. The molecule has 0 radical (unpaired) electrons. The second kappa shape index (κ2) is 6.02. The summed E-state index contributed by atoms with van der Waals surface area (Å²) in [5, 5.41) is 0. The van der Waals surface area contributed by atoms with E-state index in [9.17, 15) is 13.2 Å². The molecule has 94 valence electrons. The van der Waals surface area contributed by atoms with E-state index in [-0.39, 0.29) is 23.1 Å². The van der Waals surface area contributed by atoms with E-state index < -0.39 is 15.8 Å². The summed E-state index contributed by atoms with van der Waals surface area (Å²) < 4.78 is 28.1. The summed E-state index contributed by atoms with van der Waals surface area (Å²) in [5.74, 6) is -0.538. The number of esters is 1. The summed E-state index contributed by atoms with van der Waals surface area (Å²) in [7, 11) is -3.35. The van der Waals surface area contributed by atoms with Crippen molar-refractivity contribution in [1.29, 1.82) is 0 Å². The highest BCUT2D eigenvalue weighted by Gasteiger charge is 2.14. The number of hydrogen-bond donors (Lipinski definition) is 0. The lowest BCUT2D eigenvalue weighted by molar-refractivity contribution is 0.0526. The molecule has 0 aromatic heterocycles. The molecular weight excluding hydrogens is 264 g/mol. The van der Waals surface area contributed by atoms with Crippen LogP contribution in [-0.4, -0.2) is 32.6 Å². The van der Waals surface area contributed by atoms with Crippen LogP contribution in [0.3, 0.4) is 0 Å². The van der Waals surface area contributed by atoms with E-state index in [4.69, 9.17) is 16.3 Å². The van der Waals surface area contributed by atoms with Crippen LogP contribution in [0, 0.1) is 0 Å². The zero-order valence-corrected chi connectivity index (χ0v) is 10.9. The van der Waals surface area contributed by atoms with E-state index in [1.807, 2.05) is 0 Å². The van der Waals surface area contributed by atoms with Crippen molar-refractivity contribution in [2.45, 2.75) is 11.8 Å². The maximum Gasteiger partial charge on any atom is 0.338 e. The molecule has 0 atom stereocenters. The standard InChI is InChI=1S/C11H13ClO4S/c1-2-16-11(13)9-3-5-10(6-4-9)17(14,15)8-7-12/h3-6H,2,7-8H2,1H3. The molecule has 0 saturated carbocycles. The van der Waals surface area contributed by atoms with E-state index >= 15 is 0 Å². The van der Waals surface area contributed by atoms with Crippen LogP contribution in [0.15, 0.2) is 29.2 Å². The topological polar surface area (TPSA) is 60.4 Å². The van der Waals surface area contributed by atoms with Gasteiger partial charge in [-0.3, -0.25) is 0 Å². The number of ether oxygens (including phenoxy) is 1. The van der Waals surface area contributed by atoms with Crippen LogP contribution in [0.2, 0.25) is 0 Å². The van der Waals surface area contributed by atoms with Crippen molar-refractivity contribution in [3.05, 3.63) is 29.8 Å². The molecule has 0 spiro atoms. The Bertz CT molecular complexity index is 479. The Kier molecular flexibility index (Phi) is 4.96. The first-order valence-electron chi connectivity index (χ1n) is 5.07. The molecule has 17 heavy (non-hydrogen) atoms. The zero-order chi connectivity index (χ0) is 12.9. The third-order valence-corrected chi connectivity index (χ3v) is 4.22. The Morgan fingerprint density at radius 2 is 1.88 bits per heavy atom. The molecule has 0 heterocycles. The van der Waals surface area contributed by atoms with Crippen LogP contribution in [-0.2, 0) is 14.6 Å². The van der Waals surface area contributed by atoms with Gasteiger partial charge in [0.25, 0.3) is 0 Å². The van der Waals surface area contributed by atoms with Crippen molar-refractivity contribution in [1.82, 2.24) is 0 Å². The molecule has 1 aromatic carbocycles. The quantitative estimate of drug-likeness (QED) is 0.608. The van der Waals surface area contributed by atoms with Gasteiger partial charge in [0.05, 0.1) is 22.8 Å². The van der Waals surface area contributed by atoms with Crippen molar-refractivity contribution in [3.8, 4) is 0 Å². The van der Waals surface area contributed by atoms with E-state index in [1.54, 1.807) is 6.92 Å². The first-order valence-corrected chi connectivity index (χ1v) is 7.26. The van der Waals surface area contributed by atoms with E-state index in [0.717, 1.165) is 0 Å². The minimum Gasteiger partial charge on any atom is -0.462 e. The van der Waals surface area contributed by atoms with Crippen molar-refractivity contribution >= 4 is 27.4 Å². The molecule has 0 fully saturated rings. The molecule has 0 saturated heterocycles. The summed E-state index contributed by atoms with van der Waals surface area (Å²) >= 11 is 5.41. The Balaban J connectivity index is 2.92. The van der Waals surface area contributed by atoms with E-state index in [2.05, 4.69) is 0 Å². The van der Waals surface area contributed by atoms with Crippen LogP contribution in [0.4, 0.5) is 0 Å². The molecule has 0 N–H and O–H groups in total. The van der Waals surface area contributed by atoms with Gasteiger partial charge < -0.3 is 4.74 Å². The van der Waals surface area contributed by atoms with Crippen molar-refractivity contribution < 1.29 is 17.9 Å². The number of sulfone groups is 1. The number of carbonyl (C=O) groups is 1. The predicted octanol–water partition coefficient (Wildman–Crippen LogP) is 1.88. The lowest BCUT2D eigenvalue weighted by Crippen LogP contribution is -2.09. The van der Waals surface area contributed by atoms with Gasteiger partial charge in [0, 0.05) is 5.88 Å². The summed E-state index contributed by atoms with van der Waals surface area (Å²) in [4.78, 5) is 11.5. The lowest BCUT2D eigenvalue weighted by atomic mass is 10.2. The molecule has 0 aliphatic carbocycles. The molecular formula is C11H13ClO4S. The lowest BCUT2D eigenvalue weighted by Gasteiger charge is -2.04. The number of hydrogen-bond acceptors (Lipinski definition) is 4. The van der Waals surface area contributed by atoms with Gasteiger partial charge in [-0.25, -0.2) is 13.2 Å². The fraction of sp³-hybridized carbons (Fsp3) is 0.364. The van der Waals surface area contributed by atoms with Crippen molar-refractivity contribution in [3.63, 3.8) is 0 Å². The summed E-state index contributed by atoms with van der Waals surface area (Å²) in [6.45, 7) is 1.99. The Hall–Kier alpha value is -1.07. The van der Waals surface area contributed by atoms with Crippen molar-refractivity contribution in [2.75, 3.05) is 18.2 Å². The van der Waals surface area contributed by atoms with Crippen molar-refractivity contribution in [2.24, 2.45) is 0 Å². The second-order valence-electron chi connectivity index (χ2n) is 3.25. The molecule has 0 amide bonds. The fourth-order valence-electron chi connectivity index (χ4n) is 1.23. The Morgan fingerprint density at radius 3 is 2.35 bits per heavy atom. The first kappa shape index (κ1) is 14.0. The van der Waals surface area contributed by atoms with Crippen LogP contribution >= 0.6 is 11.6 Å². The monoisotopic (exact) mass is 276 g/mol. The minimum absolute atomic E-state index is 0.0436. The number of alkyl halides is 1. The number of halogens is 1. The van der Waals surface area contributed by atoms with Crippen LogP contribution < -0.4 is 0 Å². The number of benzene rings is 1. The summed E-state index contributed by atoms with van der Waals surface area (Å²) in [6.07, 6.45) is 0. The SMILES string of the molecule is CCOC(=O)c1ccc(S(=O)(=O)CCCl)cc1. The fourth-order valence-corrected chi connectivity index (χ4v) is 2.83. The third-order valence-electron chi connectivity index (χ3n) is 2.07. The van der Waals surface area contributed by atoms with Gasteiger partial charge in [0.1, 0.15) is 0 Å². The largest absolute Gasteiger partial charge is 0.462 e. The highest BCUT2D eigenvalue weighted by atomic mass is 35.5. The first-order chi connectivity index (χ1) is 8.01. The highest BCUT2D eigenvalue weighted by molar-refractivity contribution is 7.91. The number of carbonyl (C=O) groups excluding carboxylic acids is 1. The van der Waals surface area contributed by atoms with E-state index in [1.165, 1.54) is 24.3 Å². The molecule has 1 rings (SSSR count). The van der Waals surface area contributed by atoms with Gasteiger partial charge >= 0.3 is 5.97 Å². The summed E-state index contributed by atoms with van der Waals surface area (Å²) in [5.41, 5.74) is 0.330. The third kappa shape index (κ3) is 3.71. The average Bonchev–Trinajstić information content (AvgIpc) is 2.29. The van der Waals surface area contributed by atoms with Crippen LogP contribution in [0.1, 0.15) is 17.3 Å². The molecule has 0 unspecified atom stereocenters. The van der Waals surface area contributed by atoms with Gasteiger partial charge in [-0.05, 0) is 31.2 Å². The van der Waals surface area contributed by atoms with E-state index in [0.29, 0.717) is 5.56 Å². The van der Waals surface area contributed by atoms with Gasteiger partial charge in [-0.15, -0.1) is 11.6 Å². The maximum atomic E-state index is 11.6. The summed E-state index contributed by atoms with van der Waals surface area (Å²) in [6, 6.07) is 5.63.